The molecule has 0 saturated heterocycles. The van der Waals surface area contributed by atoms with Gasteiger partial charge in [-0.1, -0.05) is 56.9 Å². The lowest BCUT2D eigenvalue weighted by Crippen LogP contribution is -2.49. The zero-order chi connectivity index (χ0) is 15.2. The largest absolute Gasteiger partial charge is 0.480 e. The number of aliphatic carboxylic acids is 1. The summed E-state index contributed by atoms with van der Waals surface area (Å²) >= 11 is 0. The van der Waals surface area contributed by atoms with Crippen molar-refractivity contribution in [2.45, 2.75) is 71.0 Å². The van der Waals surface area contributed by atoms with Gasteiger partial charge in [-0.05, 0) is 30.9 Å². The van der Waals surface area contributed by atoms with E-state index in [-0.39, 0.29) is 6.04 Å². The van der Waals surface area contributed by atoms with Gasteiger partial charge in [0.2, 0.25) is 0 Å². The molecule has 1 aliphatic rings. The lowest BCUT2D eigenvalue weighted by molar-refractivity contribution is -0.145. The first-order chi connectivity index (χ1) is 10.1. The molecule has 0 saturated carbocycles. The number of rotatable bonds is 7. The Labute approximate surface area is 128 Å². The molecule has 0 aliphatic carbocycles. The second-order valence-electron chi connectivity index (χ2n) is 6.20. The Hall–Kier alpha value is -1.35. The van der Waals surface area contributed by atoms with Crippen LogP contribution in [0, 0.1) is 0 Å². The molecular weight excluding hydrogens is 262 g/mol. The van der Waals surface area contributed by atoms with E-state index in [1.54, 1.807) is 0 Å². The molecule has 1 N–H and O–H groups in total. The van der Waals surface area contributed by atoms with Crippen molar-refractivity contribution in [3.63, 3.8) is 0 Å². The molecular formula is C18H27NO2. The van der Waals surface area contributed by atoms with Gasteiger partial charge in [0.1, 0.15) is 6.04 Å². The molecule has 3 heteroatoms. The maximum Gasteiger partial charge on any atom is 0.321 e. The van der Waals surface area contributed by atoms with E-state index >= 15 is 0 Å². The zero-order valence-corrected chi connectivity index (χ0v) is 13.2. The van der Waals surface area contributed by atoms with E-state index < -0.39 is 5.97 Å². The SMILES string of the molecule is CCCCCCC(C)N1Cc2ccccc2CC1C(=O)O. The second kappa shape index (κ2) is 7.60. The van der Waals surface area contributed by atoms with Crippen LogP contribution in [0.15, 0.2) is 24.3 Å². The van der Waals surface area contributed by atoms with Gasteiger partial charge in [0.05, 0.1) is 0 Å². The summed E-state index contributed by atoms with van der Waals surface area (Å²) in [5, 5.41) is 9.55. The fraction of sp³-hybridized carbons (Fsp3) is 0.611. The van der Waals surface area contributed by atoms with Crippen LogP contribution in [-0.2, 0) is 17.8 Å². The quantitative estimate of drug-likeness (QED) is 0.775. The minimum Gasteiger partial charge on any atom is -0.480 e. The number of unbranched alkanes of at least 4 members (excludes halogenated alkanes) is 3. The van der Waals surface area contributed by atoms with E-state index in [4.69, 9.17) is 0 Å². The Balaban J connectivity index is 2.04. The Morgan fingerprint density at radius 2 is 2.00 bits per heavy atom. The molecule has 0 spiro atoms. The molecule has 116 valence electrons. The predicted octanol–water partition coefficient (Wildman–Crippen LogP) is 3.86. The highest BCUT2D eigenvalue weighted by Gasteiger charge is 2.33. The van der Waals surface area contributed by atoms with Crippen LogP contribution in [0.2, 0.25) is 0 Å². The summed E-state index contributed by atoms with van der Waals surface area (Å²) in [5.74, 6) is -0.690. The van der Waals surface area contributed by atoms with Crippen LogP contribution in [0.3, 0.4) is 0 Å². The van der Waals surface area contributed by atoms with Crippen molar-refractivity contribution < 1.29 is 9.90 Å². The summed E-state index contributed by atoms with van der Waals surface area (Å²) in [5.41, 5.74) is 2.48. The molecule has 0 fully saturated rings. The Kier molecular flexibility index (Phi) is 5.80. The summed E-state index contributed by atoms with van der Waals surface area (Å²) in [4.78, 5) is 13.8. The molecule has 1 aromatic rings. The number of carboxylic acid groups (broad SMARTS) is 1. The van der Waals surface area contributed by atoms with Crippen LogP contribution in [0.5, 0.6) is 0 Å². The molecule has 1 aromatic carbocycles. The maximum absolute atomic E-state index is 11.6. The molecule has 1 aliphatic heterocycles. The van der Waals surface area contributed by atoms with Gasteiger partial charge in [-0.2, -0.15) is 0 Å². The lowest BCUT2D eigenvalue weighted by atomic mass is 9.92. The van der Waals surface area contributed by atoms with E-state index in [2.05, 4.69) is 30.9 Å². The van der Waals surface area contributed by atoms with E-state index in [1.165, 1.54) is 36.8 Å². The van der Waals surface area contributed by atoms with Crippen molar-refractivity contribution >= 4 is 5.97 Å². The number of hydrogen-bond donors (Lipinski definition) is 1. The minimum atomic E-state index is -0.690. The summed E-state index contributed by atoms with van der Waals surface area (Å²) in [7, 11) is 0. The molecule has 0 bridgehead atoms. The van der Waals surface area contributed by atoms with E-state index in [0.717, 1.165) is 13.0 Å². The van der Waals surface area contributed by atoms with Gasteiger partial charge in [-0.3, -0.25) is 9.69 Å². The first-order valence-electron chi connectivity index (χ1n) is 8.18. The van der Waals surface area contributed by atoms with Crippen LogP contribution < -0.4 is 0 Å². The number of benzene rings is 1. The maximum atomic E-state index is 11.6. The van der Waals surface area contributed by atoms with Crippen LogP contribution in [0.25, 0.3) is 0 Å². The van der Waals surface area contributed by atoms with Crippen molar-refractivity contribution in [3.8, 4) is 0 Å². The minimum absolute atomic E-state index is 0.330. The third-order valence-corrected chi connectivity index (χ3v) is 4.61. The number of fused-ring (bicyclic) bond motifs is 1. The third-order valence-electron chi connectivity index (χ3n) is 4.61. The smallest absolute Gasteiger partial charge is 0.321 e. The fourth-order valence-electron chi connectivity index (χ4n) is 3.27. The van der Waals surface area contributed by atoms with Gasteiger partial charge < -0.3 is 5.11 Å². The first-order valence-corrected chi connectivity index (χ1v) is 8.18. The van der Waals surface area contributed by atoms with Gasteiger partial charge >= 0.3 is 5.97 Å². The van der Waals surface area contributed by atoms with Crippen LogP contribution in [0.4, 0.5) is 0 Å². The van der Waals surface area contributed by atoms with Crippen molar-refractivity contribution in [1.29, 1.82) is 0 Å². The molecule has 2 atom stereocenters. The van der Waals surface area contributed by atoms with Crippen molar-refractivity contribution in [2.75, 3.05) is 0 Å². The Bertz CT molecular complexity index is 472. The molecule has 0 radical (unpaired) electrons. The first kappa shape index (κ1) is 16.0. The van der Waals surface area contributed by atoms with E-state index in [1.807, 2.05) is 12.1 Å². The fourth-order valence-corrected chi connectivity index (χ4v) is 3.27. The lowest BCUT2D eigenvalue weighted by Gasteiger charge is -2.38. The summed E-state index contributed by atoms with van der Waals surface area (Å²) in [6.07, 6.45) is 6.68. The number of hydrogen-bond acceptors (Lipinski definition) is 2. The van der Waals surface area contributed by atoms with Crippen molar-refractivity contribution in [3.05, 3.63) is 35.4 Å². The average molecular weight is 289 g/mol. The van der Waals surface area contributed by atoms with E-state index in [0.29, 0.717) is 12.5 Å². The molecule has 0 aromatic heterocycles. The highest BCUT2D eigenvalue weighted by Crippen LogP contribution is 2.26. The van der Waals surface area contributed by atoms with Gasteiger partial charge in [0, 0.05) is 12.6 Å². The highest BCUT2D eigenvalue weighted by molar-refractivity contribution is 5.74. The topological polar surface area (TPSA) is 40.5 Å². The van der Waals surface area contributed by atoms with Crippen LogP contribution in [0.1, 0.15) is 57.1 Å². The highest BCUT2D eigenvalue weighted by atomic mass is 16.4. The average Bonchev–Trinajstić information content (AvgIpc) is 2.50. The Morgan fingerprint density at radius 3 is 2.67 bits per heavy atom. The molecule has 2 rings (SSSR count). The summed E-state index contributed by atoms with van der Waals surface area (Å²) < 4.78 is 0. The number of nitrogens with zero attached hydrogens (tertiary/aromatic N) is 1. The normalized spacial score (nSPS) is 20.0. The standard InChI is InChI=1S/C18H27NO2/c1-3-4-5-6-9-14(2)19-13-16-11-8-7-10-15(16)12-17(19)18(20)21/h7-8,10-11,14,17H,3-6,9,12-13H2,1-2H3,(H,20,21). The number of carbonyl (C=O) groups is 1. The van der Waals surface area contributed by atoms with Gasteiger partial charge in [-0.25, -0.2) is 0 Å². The van der Waals surface area contributed by atoms with E-state index in [9.17, 15) is 9.90 Å². The Morgan fingerprint density at radius 1 is 1.29 bits per heavy atom. The van der Waals surface area contributed by atoms with Gasteiger partial charge in [0.15, 0.2) is 0 Å². The monoisotopic (exact) mass is 289 g/mol. The predicted molar refractivity (Wildman–Crippen MR) is 85.3 cm³/mol. The molecule has 2 unspecified atom stereocenters. The van der Waals surface area contributed by atoms with Gasteiger partial charge in [-0.15, -0.1) is 0 Å². The van der Waals surface area contributed by atoms with Crippen molar-refractivity contribution in [2.24, 2.45) is 0 Å². The molecule has 1 heterocycles. The third kappa shape index (κ3) is 4.07. The van der Waals surface area contributed by atoms with Crippen LogP contribution in [-0.4, -0.2) is 28.1 Å². The zero-order valence-electron chi connectivity index (χ0n) is 13.2. The molecule has 3 nitrogen and oxygen atoms in total. The van der Waals surface area contributed by atoms with Crippen LogP contribution >= 0.6 is 0 Å². The van der Waals surface area contributed by atoms with Gasteiger partial charge in [0.25, 0.3) is 0 Å². The second-order valence-corrected chi connectivity index (χ2v) is 6.20. The van der Waals surface area contributed by atoms with Crippen molar-refractivity contribution in [1.82, 2.24) is 4.90 Å². The summed E-state index contributed by atoms with van der Waals surface area (Å²) in [6, 6.07) is 8.20. The molecule has 21 heavy (non-hydrogen) atoms. The molecule has 0 amide bonds. The number of carboxylic acids is 1. The summed E-state index contributed by atoms with van der Waals surface area (Å²) in [6.45, 7) is 5.16.